The summed E-state index contributed by atoms with van der Waals surface area (Å²) < 4.78 is 6.21. The van der Waals surface area contributed by atoms with E-state index in [-0.39, 0.29) is 0 Å². The van der Waals surface area contributed by atoms with Crippen LogP contribution in [0, 0.1) is 11.3 Å². The van der Waals surface area contributed by atoms with Crippen molar-refractivity contribution in [2.75, 3.05) is 4.90 Å². The van der Waals surface area contributed by atoms with Gasteiger partial charge in [-0.15, -0.1) is 0 Å². The van der Waals surface area contributed by atoms with Gasteiger partial charge in [-0.25, -0.2) is 0 Å². The van der Waals surface area contributed by atoms with E-state index in [0.717, 1.165) is 50.8 Å². The fourth-order valence-corrected chi connectivity index (χ4v) is 4.55. The van der Waals surface area contributed by atoms with E-state index in [2.05, 4.69) is 59.5 Å². The lowest BCUT2D eigenvalue weighted by Gasteiger charge is -2.33. The summed E-state index contributed by atoms with van der Waals surface area (Å²) >= 11 is 0. The molecule has 0 aliphatic carbocycles. The maximum absolute atomic E-state index is 10.3. The van der Waals surface area contributed by atoms with Crippen LogP contribution in [-0.2, 0) is 0 Å². The molecule has 0 amide bonds. The van der Waals surface area contributed by atoms with Gasteiger partial charge in [0.25, 0.3) is 0 Å². The van der Waals surface area contributed by atoms with E-state index < -0.39 is 0 Å². The van der Waals surface area contributed by atoms with Gasteiger partial charge in [-0.3, -0.25) is 0 Å². The second-order valence-corrected chi connectivity index (χ2v) is 8.13. The molecule has 0 unspecified atom stereocenters. The average Bonchev–Trinajstić information content (AvgIpc) is 2.92. The van der Waals surface area contributed by atoms with Crippen molar-refractivity contribution in [1.82, 2.24) is 0 Å². The largest absolute Gasteiger partial charge is 0.453 e. The van der Waals surface area contributed by atoms with Crippen LogP contribution in [0.5, 0.6) is 11.5 Å². The molecule has 160 valence electrons. The Labute approximate surface area is 198 Å². The zero-order valence-corrected chi connectivity index (χ0v) is 18.3. The number of hydrogen-bond acceptors (Lipinski definition) is 3. The van der Waals surface area contributed by atoms with E-state index in [1.807, 2.05) is 72.8 Å². The summed E-state index contributed by atoms with van der Waals surface area (Å²) in [5.41, 5.74) is 7.38. The molecule has 0 saturated heterocycles. The summed E-state index contributed by atoms with van der Waals surface area (Å²) in [4.78, 5) is 2.22. The number of fused-ring (bicyclic) bond motifs is 2. The number of anilines is 3. The zero-order chi connectivity index (χ0) is 22.9. The SMILES string of the molecule is N#Cc1c(-c2ccccc2)cc(N2c3ccccc3Oc3ccccc32)cc1-c1ccccc1. The summed E-state index contributed by atoms with van der Waals surface area (Å²) in [5.74, 6) is 1.60. The summed E-state index contributed by atoms with van der Waals surface area (Å²) in [6.07, 6.45) is 0. The molecular weight excluding hydrogens is 416 g/mol. The summed E-state index contributed by atoms with van der Waals surface area (Å²) in [5, 5.41) is 10.3. The highest BCUT2D eigenvalue weighted by atomic mass is 16.5. The first-order valence-electron chi connectivity index (χ1n) is 11.2. The van der Waals surface area contributed by atoms with E-state index in [9.17, 15) is 5.26 Å². The molecule has 6 rings (SSSR count). The van der Waals surface area contributed by atoms with Gasteiger partial charge in [-0.1, -0.05) is 84.9 Å². The first-order valence-corrected chi connectivity index (χ1v) is 11.2. The predicted octanol–water partition coefficient (Wildman–Crippen LogP) is 8.47. The number of nitriles is 1. The van der Waals surface area contributed by atoms with Crippen molar-refractivity contribution in [2.24, 2.45) is 0 Å². The van der Waals surface area contributed by atoms with Crippen molar-refractivity contribution in [1.29, 1.82) is 5.26 Å². The Morgan fingerprint density at radius 1 is 0.559 bits per heavy atom. The molecule has 3 nitrogen and oxygen atoms in total. The second kappa shape index (κ2) is 8.27. The van der Waals surface area contributed by atoms with Crippen LogP contribution in [0.4, 0.5) is 17.1 Å². The number of para-hydroxylation sites is 4. The van der Waals surface area contributed by atoms with Crippen molar-refractivity contribution >= 4 is 17.1 Å². The maximum atomic E-state index is 10.3. The second-order valence-electron chi connectivity index (χ2n) is 8.13. The van der Waals surface area contributed by atoms with E-state index in [4.69, 9.17) is 4.74 Å². The molecule has 0 saturated carbocycles. The van der Waals surface area contributed by atoms with E-state index >= 15 is 0 Å². The Morgan fingerprint density at radius 3 is 1.47 bits per heavy atom. The molecule has 0 atom stereocenters. The van der Waals surface area contributed by atoms with Gasteiger partial charge in [0.1, 0.15) is 6.07 Å². The molecule has 0 aromatic heterocycles. The third-order valence-electron chi connectivity index (χ3n) is 6.09. The Morgan fingerprint density at radius 2 is 1.00 bits per heavy atom. The highest BCUT2D eigenvalue weighted by Crippen LogP contribution is 2.51. The third kappa shape index (κ3) is 3.30. The molecule has 5 aromatic carbocycles. The normalized spacial score (nSPS) is 11.7. The number of nitrogens with zero attached hydrogens (tertiary/aromatic N) is 2. The van der Waals surface area contributed by atoms with Crippen LogP contribution in [-0.4, -0.2) is 0 Å². The topological polar surface area (TPSA) is 36.3 Å². The Balaban J connectivity index is 1.67. The van der Waals surface area contributed by atoms with Crippen LogP contribution < -0.4 is 9.64 Å². The fraction of sp³-hybridized carbons (Fsp3) is 0. The molecule has 5 aromatic rings. The van der Waals surface area contributed by atoms with Crippen LogP contribution >= 0.6 is 0 Å². The van der Waals surface area contributed by atoms with Crippen LogP contribution in [0.2, 0.25) is 0 Å². The molecule has 0 N–H and O–H groups in total. The minimum absolute atomic E-state index is 0.663. The van der Waals surface area contributed by atoms with Crippen molar-refractivity contribution in [3.63, 3.8) is 0 Å². The van der Waals surface area contributed by atoms with E-state index in [0.29, 0.717) is 5.56 Å². The van der Waals surface area contributed by atoms with Gasteiger partial charge < -0.3 is 9.64 Å². The molecule has 0 spiro atoms. The van der Waals surface area contributed by atoms with Crippen LogP contribution in [0.15, 0.2) is 121 Å². The molecule has 1 aliphatic rings. The van der Waals surface area contributed by atoms with Crippen LogP contribution in [0.25, 0.3) is 22.3 Å². The quantitative estimate of drug-likeness (QED) is 0.279. The lowest BCUT2D eigenvalue weighted by molar-refractivity contribution is 0.477. The number of ether oxygens (including phenoxy) is 1. The molecule has 3 heteroatoms. The van der Waals surface area contributed by atoms with Gasteiger partial charge in [-0.05, 0) is 47.5 Å². The third-order valence-corrected chi connectivity index (χ3v) is 6.09. The number of benzene rings is 5. The van der Waals surface area contributed by atoms with Gasteiger partial charge >= 0.3 is 0 Å². The van der Waals surface area contributed by atoms with E-state index in [1.54, 1.807) is 0 Å². The molecule has 0 radical (unpaired) electrons. The minimum Gasteiger partial charge on any atom is -0.453 e. The standard InChI is InChI=1S/C31H20N2O/c32-21-27-25(22-11-3-1-4-12-22)19-24(20-26(27)23-13-5-2-6-14-23)33-28-15-7-9-17-30(28)34-31-18-10-8-16-29(31)33/h1-20H. The smallest absolute Gasteiger partial charge is 0.151 e. The Hall–Kier alpha value is -4.81. The van der Waals surface area contributed by atoms with Crippen molar-refractivity contribution in [3.05, 3.63) is 127 Å². The van der Waals surface area contributed by atoms with Crippen molar-refractivity contribution in [2.45, 2.75) is 0 Å². The maximum Gasteiger partial charge on any atom is 0.151 e. The summed E-state index contributed by atoms with van der Waals surface area (Å²) in [7, 11) is 0. The van der Waals surface area contributed by atoms with Gasteiger partial charge in [0, 0.05) is 16.8 Å². The highest BCUT2D eigenvalue weighted by Gasteiger charge is 2.27. The molecule has 1 aliphatic heterocycles. The van der Waals surface area contributed by atoms with Crippen LogP contribution in [0.1, 0.15) is 5.56 Å². The first kappa shape index (κ1) is 19.8. The molecule has 0 bridgehead atoms. The van der Waals surface area contributed by atoms with E-state index in [1.165, 1.54) is 0 Å². The predicted molar refractivity (Wildman–Crippen MR) is 137 cm³/mol. The zero-order valence-electron chi connectivity index (χ0n) is 18.3. The number of rotatable bonds is 3. The number of hydrogen-bond donors (Lipinski definition) is 0. The van der Waals surface area contributed by atoms with Gasteiger partial charge in [0.15, 0.2) is 11.5 Å². The lowest BCUT2D eigenvalue weighted by atomic mass is 9.91. The van der Waals surface area contributed by atoms with Gasteiger partial charge in [0.05, 0.1) is 16.9 Å². The molecule has 1 heterocycles. The van der Waals surface area contributed by atoms with Crippen molar-refractivity contribution < 1.29 is 4.74 Å². The fourth-order valence-electron chi connectivity index (χ4n) is 4.55. The van der Waals surface area contributed by atoms with Gasteiger partial charge in [-0.2, -0.15) is 5.26 Å². The summed E-state index contributed by atoms with van der Waals surface area (Å²) in [6, 6.07) is 43.0. The molecule has 0 fully saturated rings. The van der Waals surface area contributed by atoms with Crippen LogP contribution in [0.3, 0.4) is 0 Å². The molecular formula is C31H20N2O. The Bertz CT molecular complexity index is 1430. The lowest BCUT2D eigenvalue weighted by Crippen LogP contribution is -2.16. The summed E-state index contributed by atoms with van der Waals surface area (Å²) in [6.45, 7) is 0. The highest BCUT2D eigenvalue weighted by molar-refractivity contribution is 5.92. The Kier molecular flexibility index (Phi) is 4.83. The monoisotopic (exact) mass is 436 g/mol. The first-order chi connectivity index (χ1) is 16.8. The molecule has 34 heavy (non-hydrogen) atoms. The van der Waals surface area contributed by atoms with Crippen molar-refractivity contribution in [3.8, 4) is 39.8 Å². The van der Waals surface area contributed by atoms with Gasteiger partial charge in [0.2, 0.25) is 0 Å². The average molecular weight is 437 g/mol. The minimum atomic E-state index is 0.663.